The first-order valence-corrected chi connectivity index (χ1v) is 6.11. The van der Waals surface area contributed by atoms with E-state index in [-0.39, 0.29) is 0 Å². The van der Waals surface area contributed by atoms with E-state index < -0.39 is 0 Å². The van der Waals surface area contributed by atoms with Gasteiger partial charge in [0.1, 0.15) is 5.82 Å². The molecule has 0 atom stereocenters. The Labute approximate surface area is 103 Å². The Morgan fingerprint density at radius 1 is 1.12 bits per heavy atom. The summed E-state index contributed by atoms with van der Waals surface area (Å²) in [6.07, 6.45) is 4.22. The molecule has 2 nitrogen and oxygen atoms in total. The fraction of sp³-hybridized carbons (Fsp3) is 0.400. The Balaban J connectivity index is 2.07. The highest BCUT2D eigenvalue weighted by atomic mass is 15.0. The Morgan fingerprint density at radius 3 is 2.47 bits per heavy atom. The lowest BCUT2D eigenvalue weighted by Crippen LogP contribution is -1.95. The summed E-state index contributed by atoms with van der Waals surface area (Å²) < 4.78 is 2.08. The number of aromatic nitrogens is 2. The molecular weight excluding hydrogens is 208 g/mol. The van der Waals surface area contributed by atoms with Crippen molar-refractivity contribution < 1.29 is 0 Å². The maximum Gasteiger partial charge on any atom is 0.105 e. The molecule has 0 saturated heterocycles. The topological polar surface area (TPSA) is 17.8 Å². The molecule has 0 fully saturated rings. The number of hydrogen-bond donors (Lipinski definition) is 0. The number of hydrogen-bond acceptors (Lipinski definition) is 1. The molecule has 0 unspecified atom stereocenters. The van der Waals surface area contributed by atoms with E-state index in [0.717, 1.165) is 18.7 Å². The van der Waals surface area contributed by atoms with Crippen LogP contribution in [-0.4, -0.2) is 9.55 Å². The number of aryl methyl sites for hydroxylation is 6. The average molecular weight is 228 g/mol. The largest absolute Gasteiger partial charge is 0.338 e. The lowest BCUT2D eigenvalue weighted by molar-refractivity contribution is 0.858. The third-order valence-corrected chi connectivity index (χ3v) is 3.31. The maximum atomic E-state index is 4.54. The average Bonchev–Trinajstić information content (AvgIpc) is 2.57. The van der Waals surface area contributed by atoms with Crippen molar-refractivity contribution in [3.63, 3.8) is 0 Å². The van der Waals surface area contributed by atoms with E-state index >= 15 is 0 Å². The Hall–Kier alpha value is -1.57. The van der Waals surface area contributed by atoms with Gasteiger partial charge in [0.25, 0.3) is 0 Å². The van der Waals surface area contributed by atoms with Crippen LogP contribution in [0.3, 0.4) is 0 Å². The van der Waals surface area contributed by atoms with Crippen LogP contribution in [0.4, 0.5) is 0 Å². The SMILES string of the molecule is Cc1ccc(CCc2cn(C)c(C)n2)c(C)c1. The first-order valence-electron chi connectivity index (χ1n) is 6.11. The fourth-order valence-corrected chi connectivity index (χ4v) is 2.14. The Morgan fingerprint density at radius 2 is 1.88 bits per heavy atom. The monoisotopic (exact) mass is 228 g/mol. The van der Waals surface area contributed by atoms with E-state index in [1.165, 1.54) is 22.4 Å². The summed E-state index contributed by atoms with van der Waals surface area (Å²) >= 11 is 0. The molecule has 2 heteroatoms. The molecule has 2 rings (SSSR count). The van der Waals surface area contributed by atoms with Gasteiger partial charge in [0.2, 0.25) is 0 Å². The molecule has 0 amide bonds. The lowest BCUT2D eigenvalue weighted by atomic mass is 10.0. The molecule has 0 aliphatic rings. The molecule has 2 aromatic rings. The number of imidazole rings is 1. The highest BCUT2D eigenvalue weighted by molar-refractivity contribution is 5.30. The number of nitrogens with zero attached hydrogens (tertiary/aromatic N) is 2. The first-order chi connectivity index (χ1) is 8.06. The summed E-state index contributed by atoms with van der Waals surface area (Å²) in [7, 11) is 2.04. The van der Waals surface area contributed by atoms with E-state index in [1.807, 2.05) is 14.0 Å². The van der Waals surface area contributed by atoms with E-state index in [4.69, 9.17) is 0 Å². The van der Waals surface area contributed by atoms with E-state index in [1.54, 1.807) is 0 Å². The summed E-state index contributed by atoms with van der Waals surface area (Å²) in [4.78, 5) is 4.54. The van der Waals surface area contributed by atoms with Crippen LogP contribution in [0.25, 0.3) is 0 Å². The predicted molar refractivity (Wildman–Crippen MR) is 71.3 cm³/mol. The van der Waals surface area contributed by atoms with Gasteiger partial charge in [0, 0.05) is 13.2 Å². The molecular formula is C15H20N2. The zero-order chi connectivity index (χ0) is 12.4. The van der Waals surface area contributed by atoms with Crippen molar-refractivity contribution in [3.05, 3.63) is 52.6 Å². The maximum absolute atomic E-state index is 4.54. The third kappa shape index (κ3) is 2.76. The Kier molecular flexibility index (Phi) is 3.32. The minimum atomic E-state index is 1.02. The van der Waals surface area contributed by atoms with Gasteiger partial charge in [0.15, 0.2) is 0 Å². The third-order valence-electron chi connectivity index (χ3n) is 3.31. The Bertz CT molecular complexity index is 504. The van der Waals surface area contributed by atoms with Gasteiger partial charge in [-0.2, -0.15) is 0 Å². The van der Waals surface area contributed by atoms with Crippen LogP contribution in [0.1, 0.15) is 28.2 Å². The molecule has 0 saturated carbocycles. The van der Waals surface area contributed by atoms with E-state index in [0.29, 0.717) is 0 Å². The van der Waals surface area contributed by atoms with Gasteiger partial charge < -0.3 is 4.57 Å². The van der Waals surface area contributed by atoms with Crippen molar-refractivity contribution in [1.29, 1.82) is 0 Å². The molecule has 1 aromatic carbocycles. The summed E-state index contributed by atoms with van der Waals surface area (Å²) in [5, 5.41) is 0. The lowest BCUT2D eigenvalue weighted by Gasteiger charge is -2.05. The number of rotatable bonds is 3. The van der Waals surface area contributed by atoms with Crippen molar-refractivity contribution in [2.24, 2.45) is 7.05 Å². The minimum Gasteiger partial charge on any atom is -0.338 e. The van der Waals surface area contributed by atoms with Crippen molar-refractivity contribution in [3.8, 4) is 0 Å². The van der Waals surface area contributed by atoms with Crippen LogP contribution in [0.15, 0.2) is 24.4 Å². The molecule has 17 heavy (non-hydrogen) atoms. The minimum absolute atomic E-state index is 1.02. The first kappa shape index (κ1) is 11.9. The summed E-state index contributed by atoms with van der Waals surface area (Å²) in [6, 6.07) is 6.67. The zero-order valence-corrected chi connectivity index (χ0v) is 11.1. The van der Waals surface area contributed by atoms with E-state index in [2.05, 4.69) is 47.8 Å². The zero-order valence-electron chi connectivity index (χ0n) is 11.1. The van der Waals surface area contributed by atoms with Gasteiger partial charge in [-0.15, -0.1) is 0 Å². The molecule has 0 N–H and O–H groups in total. The predicted octanol–water partition coefficient (Wildman–Crippen LogP) is 3.13. The molecule has 1 heterocycles. The van der Waals surface area contributed by atoms with Crippen LogP contribution < -0.4 is 0 Å². The highest BCUT2D eigenvalue weighted by Gasteiger charge is 2.03. The molecule has 90 valence electrons. The van der Waals surface area contributed by atoms with Gasteiger partial charge in [0.05, 0.1) is 5.69 Å². The summed E-state index contributed by atoms with van der Waals surface area (Å²) in [5.41, 5.74) is 5.33. The smallest absolute Gasteiger partial charge is 0.105 e. The number of benzene rings is 1. The highest BCUT2D eigenvalue weighted by Crippen LogP contribution is 2.13. The second-order valence-electron chi connectivity index (χ2n) is 4.82. The summed E-state index contributed by atoms with van der Waals surface area (Å²) in [6.45, 7) is 6.37. The molecule has 0 bridgehead atoms. The van der Waals surface area contributed by atoms with Gasteiger partial charge >= 0.3 is 0 Å². The molecule has 0 aliphatic heterocycles. The molecule has 0 aliphatic carbocycles. The normalized spacial score (nSPS) is 10.8. The quantitative estimate of drug-likeness (QED) is 0.789. The second kappa shape index (κ2) is 4.74. The summed E-state index contributed by atoms with van der Waals surface area (Å²) in [5.74, 6) is 1.08. The standard InChI is InChI=1S/C15H20N2/c1-11-5-6-14(12(2)9-11)7-8-15-10-17(4)13(3)16-15/h5-6,9-10H,7-8H2,1-4H3. The van der Waals surface area contributed by atoms with Crippen LogP contribution in [0.2, 0.25) is 0 Å². The van der Waals surface area contributed by atoms with E-state index in [9.17, 15) is 0 Å². The molecule has 1 aromatic heterocycles. The van der Waals surface area contributed by atoms with Crippen molar-refractivity contribution in [2.75, 3.05) is 0 Å². The van der Waals surface area contributed by atoms with Crippen LogP contribution >= 0.6 is 0 Å². The molecule has 0 spiro atoms. The van der Waals surface area contributed by atoms with Crippen LogP contribution in [0, 0.1) is 20.8 Å². The van der Waals surface area contributed by atoms with Gasteiger partial charge in [-0.05, 0) is 44.7 Å². The van der Waals surface area contributed by atoms with Crippen molar-refractivity contribution >= 4 is 0 Å². The van der Waals surface area contributed by atoms with Crippen LogP contribution in [-0.2, 0) is 19.9 Å². The van der Waals surface area contributed by atoms with Gasteiger partial charge in [-0.1, -0.05) is 23.8 Å². The van der Waals surface area contributed by atoms with Crippen molar-refractivity contribution in [1.82, 2.24) is 9.55 Å². The van der Waals surface area contributed by atoms with Crippen molar-refractivity contribution in [2.45, 2.75) is 33.6 Å². The van der Waals surface area contributed by atoms with Gasteiger partial charge in [-0.25, -0.2) is 4.98 Å². The second-order valence-corrected chi connectivity index (χ2v) is 4.82. The molecule has 0 radical (unpaired) electrons. The van der Waals surface area contributed by atoms with Crippen LogP contribution in [0.5, 0.6) is 0 Å². The van der Waals surface area contributed by atoms with Gasteiger partial charge in [-0.3, -0.25) is 0 Å². The fourth-order valence-electron chi connectivity index (χ4n) is 2.14.